The van der Waals surface area contributed by atoms with E-state index in [-0.39, 0.29) is 12.5 Å². The van der Waals surface area contributed by atoms with Crippen molar-refractivity contribution in [3.05, 3.63) is 42.6 Å². The molecule has 2 aromatic rings. The predicted octanol–water partition coefficient (Wildman–Crippen LogP) is 4.38. The Hall–Kier alpha value is -3.09. The van der Waals surface area contributed by atoms with Crippen molar-refractivity contribution in [2.24, 2.45) is 5.41 Å². The van der Waals surface area contributed by atoms with Crippen LogP contribution in [0.1, 0.15) is 27.7 Å². The number of carbonyl (C=O) groups is 2. The van der Waals surface area contributed by atoms with Gasteiger partial charge in [0, 0.05) is 11.1 Å². The van der Waals surface area contributed by atoms with Gasteiger partial charge in [0.15, 0.2) is 5.82 Å². The summed E-state index contributed by atoms with van der Waals surface area (Å²) in [6.45, 7) is 7.45. The highest BCUT2D eigenvalue weighted by Crippen LogP contribution is 2.28. The number of benzene rings is 1. The summed E-state index contributed by atoms with van der Waals surface area (Å²) in [5.74, 6) is 0.312. The number of nitrogens with one attached hydrogen (secondary N) is 3. The zero-order valence-corrected chi connectivity index (χ0v) is 15.4. The van der Waals surface area contributed by atoms with Crippen LogP contribution in [0, 0.1) is 5.41 Å². The lowest BCUT2D eigenvalue weighted by Crippen LogP contribution is -2.28. The van der Waals surface area contributed by atoms with Crippen LogP contribution in [-0.4, -0.2) is 23.6 Å². The second-order valence-electron chi connectivity index (χ2n) is 6.66. The van der Waals surface area contributed by atoms with Crippen LogP contribution in [0.5, 0.6) is 0 Å². The molecule has 3 N–H and O–H groups in total. The van der Waals surface area contributed by atoms with Crippen LogP contribution < -0.4 is 16.0 Å². The van der Waals surface area contributed by atoms with Crippen LogP contribution in [0.25, 0.3) is 0 Å². The highest BCUT2D eigenvalue weighted by atomic mass is 16.5. The van der Waals surface area contributed by atoms with Crippen LogP contribution in [0.4, 0.5) is 27.7 Å². The maximum Gasteiger partial charge on any atom is 0.411 e. The van der Waals surface area contributed by atoms with Gasteiger partial charge in [-0.05, 0) is 25.1 Å². The second kappa shape index (κ2) is 8.33. The molecule has 1 heterocycles. The summed E-state index contributed by atoms with van der Waals surface area (Å²) in [6.07, 6.45) is 0.917. The van der Waals surface area contributed by atoms with Crippen molar-refractivity contribution in [1.82, 2.24) is 4.98 Å². The molecule has 7 heteroatoms. The second-order valence-corrected chi connectivity index (χ2v) is 6.66. The van der Waals surface area contributed by atoms with Gasteiger partial charge in [0.05, 0.1) is 24.2 Å². The van der Waals surface area contributed by atoms with Crippen molar-refractivity contribution in [2.75, 3.05) is 22.6 Å². The van der Waals surface area contributed by atoms with E-state index in [4.69, 9.17) is 4.74 Å². The Morgan fingerprint density at radius 1 is 1.08 bits per heavy atom. The van der Waals surface area contributed by atoms with Gasteiger partial charge in [-0.25, -0.2) is 9.78 Å². The van der Waals surface area contributed by atoms with Gasteiger partial charge < -0.3 is 15.4 Å². The molecular formula is C19H24N4O3. The summed E-state index contributed by atoms with van der Waals surface area (Å²) in [6, 6.07) is 11.1. The lowest BCUT2D eigenvalue weighted by atomic mass is 9.95. The largest absolute Gasteiger partial charge is 0.450 e. The molecule has 0 atom stereocenters. The van der Waals surface area contributed by atoms with E-state index < -0.39 is 11.5 Å². The monoisotopic (exact) mass is 356 g/mol. The van der Waals surface area contributed by atoms with Crippen molar-refractivity contribution in [3.63, 3.8) is 0 Å². The number of para-hydroxylation sites is 1. The molecule has 0 unspecified atom stereocenters. The average Bonchev–Trinajstić information content (AvgIpc) is 2.57. The number of anilines is 4. The number of nitrogens with zero attached hydrogens (tertiary/aromatic N) is 1. The Kier molecular flexibility index (Phi) is 6.16. The smallest absolute Gasteiger partial charge is 0.411 e. The SMILES string of the molecule is CCOC(=O)Nc1cnc(Nc2ccccc2)c(NC(=O)C(C)(C)C)c1. The maximum atomic E-state index is 12.4. The van der Waals surface area contributed by atoms with Crippen LogP contribution in [0.3, 0.4) is 0 Å². The van der Waals surface area contributed by atoms with Gasteiger partial charge in [-0.15, -0.1) is 0 Å². The fraction of sp³-hybridized carbons (Fsp3) is 0.316. The first-order chi connectivity index (χ1) is 12.3. The van der Waals surface area contributed by atoms with E-state index in [2.05, 4.69) is 20.9 Å². The molecule has 0 aliphatic rings. The molecule has 26 heavy (non-hydrogen) atoms. The quantitative estimate of drug-likeness (QED) is 0.739. The van der Waals surface area contributed by atoms with Crippen LogP contribution >= 0.6 is 0 Å². The highest BCUT2D eigenvalue weighted by molar-refractivity contribution is 5.98. The number of carbonyl (C=O) groups excluding carboxylic acids is 2. The topological polar surface area (TPSA) is 92.3 Å². The van der Waals surface area contributed by atoms with E-state index in [0.29, 0.717) is 17.2 Å². The number of pyridine rings is 1. The zero-order valence-electron chi connectivity index (χ0n) is 15.4. The Balaban J connectivity index is 2.30. The summed E-state index contributed by atoms with van der Waals surface area (Å²) >= 11 is 0. The lowest BCUT2D eigenvalue weighted by molar-refractivity contribution is -0.123. The molecule has 0 spiro atoms. The molecule has 0 fully saturated rings. The molecule has 0 aliphatic heterocycles. The number of hydrogen-bond donors (Lipinski definition) is 3. The number of ether oxygens (including phenoxy) is 1. The Morgan fingerprint density at radius 3 is 2.38 bits per heavy atom. The van der Waals surface area contributed by atoms with E-state index >= 15 is 0 Å². The van der Waals surface area contributed by atoms with Crippen molar-refractivity contribution < 1.29 is 14.3 Å². The predicted molar refractivity (Wildman–Crippen MR) is 103 cm³/mol. The van der Waals surface area contributed by atoms with Gasteiger partial charge in [0.25, 0.3) is 0 Å². The maximum absolute atomic E-state index is 12.4. The molecule has 7 nitrogen and oxygen atoms in total. The molecular weight excluding hydrogens is 332 g/mol. The standard InChI is InChI=1S/C19H24N4O3/c1-5-26-18(25)22-14-11-15(23-17(24)19(2,3)4)16(20-12-14)21-13-9-7-6-8-10-13/h6-12H,5H2,1-4H3,(H,20,21)(H,22,25)(H,23,24). The van der Waals surface area contributed by atoms with Gasteiger partial charge in [-0.3, -0.25) is 10.1 Å². The van der Waals surface area contributed by atoms with E-state index in [9.17, 15) is 9.59 Å². The molecule has 2 rings (SSSR count). The van der Waals surface area contributed by atoms with Gasteiger partial charge in [0.1, 0.15) is 0 Å². The summed E-state index contributed by atoms with van der Waals surface area (Å²) in [7, 11) is 0. The molecule has 0 saturated heterocycles. The van der Waals surface area contributed by atoms with Crippen molar-refractivity contribution >= 4 is 34.9 Å². The Bertz CT molecular complexity index is 770. The number of amides is 2. The summed E-state index contributed by atoms with van der Waals surface area (Å²) in [4.78, 5) is 28.3. The van der Waals surface area contributed by atoms with Gasteiger partial charge in [-0.1, -0.05) is 39.0 Å². The molecule has 0 bridgehead atoms. The average molecular weight is 356 g/mol. The first-order valence-electron chi connectivity index (χ1n) is 8.37. The first-order valence-corrected chi connectivity index (χ1v) is 8.37. The van der Waals surface area contributed by atoms with E-state index in [1.807, 2.05) is 51.1 Å². The molecule has 138 valence electrons. The van der Waals surface area contributed by atoms with Gasteiger partial charge >= 0.3 is 6.09 Å². The number of hydrogen-bond acceptors (Lipinski definition) is 5. The minimum atomic E-state index is -0.578. The van der Waals surface area contributed by atoms with Gasteiger partial charge in [0.2, 0.25) is 5.91 Å². The Labute approximate surface area is 153 Å². The molecule has 0 saturated carbocycles. The third-order valence-corrected chi connectivity index (χ3v) is 3.38. The molecule has 0 aliphatic carbocycles. The van der Waals surface area contributed by atoms with Crippen LogP contribution in [0.2, 0.25) is 0 Å². The normalized spacial score (nSPS) is 10.8. The summed E-state index contributed by atoms with van der Waals surface area (Å²) in [5, 5.41) is 8.61. The third-order valence-electron chi connectivity index (χ3n) is 3.38. The summed E-state index contributed by atoms with van der Waals surface area (Å²) in [5.41, 5.74) is 1.14. The Morgan fingerprint density at radius 2 is 1.77 bits per heavy atom. The molecule has 2 amide bonds. The third kappa shape index (κ3) is 5.47. The van der Waals surface area contributed by atoms with E-state index in [1.165, 1.54) is 6.20 Å². The minimum absolute atomic E-state index is 0.163. The fourth-order valence-corrected chi connectivity index (χ4v) is 1.98. The minimum Gasteiger partial charge on any atom is -0.450 e. The van der Waals surface area contributed by atoms with Crippen molar-refractivity contribution in [1.29, 1.82) is 0 Å². The number of aromatic nitrogens is 1. The van der Waals surface area contributed by atoms with Crippen LogP contribution in [0.15, 0.2) is 42.6 Å². The molecule has 0 radical (unpaired) electrons. The molecule has 1 aromatic heterocycles. The highest BCUT2D eigenvalue weighted by Gasteiger charge is 2.23. The summed E-state index contributed by atoms with van der Waals surface area (Å²) < 4.78 is 4.87. The van der Waals surface area contributed by atoms with Crippen molar-refractivity contribution in [3.8, 4) is 0 Å². The van der Waals surface area contributed by atoms with Crippen molar-refractivity contribution in [2.45, 2.75) is 27.7 Å². The zero-order chi connectivity index (χ0) is 19.2. The lowest BCUT2D eigenvalue weighted by Gasteiger charge is -2.20. The number of rotatable bonds is 5. The van der Waals surface area contributed by atoms with E-state index in [0.717, 1.165) is 5.69 Å². The van der Waals surface area contributed by atoms with E-state index in [1.54, 1.807) is 13.0 Å². The van der Waals surface area contributed by atoms with Gasteiger partial charge in [-0.2, -0.15) is 0 Å². The molecule has 1 aromatic carbocycles. The van der Waals surface area contributed by atoms with Crippen LogP contribution in [-0.2, 0) is 9.53 Å². The first kappa shape index (κ1) is 19.2. The fourth-order valence-electron chi connectivity index (χ4n) is 1.98.